The maximum Gasteiger partial charge on any atom is 0.0503 e. The van der Waals surface area contributed by atoms with Crippen molar-refractivity contribution in [1.29, 1.82) is 0 Å². The van der Waals surface area contributed by atoms with Gasteiger partial charge in [-0.05, 0) is 25.0 Å². The van der Waals surface area contributed by atoms with Gasteiger partial charge in [-0.25, -0.2) is 0 Å². The van der Waals surface area contributed by atoms with Gasteiger partial charge < -0.3 is 5.73 Å². The summed E-state index contributed by atoms with van der Waals surface area (Å²) in [5, 5.41) is 0.675. The van der Waals surface area contributed by atoms with E-state index in [1.54, 1.807) is 0 Å². The van der Waals surface area contributed by atoms with Crippen molar-refractivity contribution >= 4 is 22.4 Å². The Bertz CT molecular complexity index is 370. The fourth-order valence-electron chi connectivity index (χ4n) is 1.43. The van der Waals surface area contributed by atoms with Gasteiger partial charge in [-0.2, -0.15) is 0 Å². The molecule has 0 aliphatic heterocycles. The van der Waals surface area contributed by atoms with Crippen LogP contribution >= 0.6 is 11.6 Å². The summed E-state index contributed by atoms with van der Waals surface area (Å²) in [4.78, 5) is 0. The molecule has 90 valence electrons. The minimum absolute atomic E-state index is 0.00118. The first-order valence-electron chi connectivity index (χ1n) is 5.42. The van der Waals surface area contributed by atoms with Crippen LogP contribution in [0.15, 0.2) is 24.3 Å². The normalized spacial score (nSPS) is 16.8. The Balaban J connectivity index is 2.68. The van der Waals surface area contributed by atoms with E-state index in [1.807, 2.05) is 38.1 Å². The molecular weight excluding hydrogens is 242 g/mol. The second kappa shape index (κ2) is 6.38. The molecule has 0 saturated heterocycles. The van der Waals surface area contributed by atoms with Gasteiger partial charge in [-0.3, -0.25) is 4.21 Å². The monoisotopic (exact) mass is 259 g/mol. The van der Waals surface area contributed by atoms with E-state index in [-0.39, 0.29) is 11.3 Å². The Morgan fingerprint density at radius 2 is 2.06 bits per heavy atom. The molecule has 3 unspecified atom stereocenters. The molecule has 4 heteroatoms. The van der Waals surface area contributed by atoms with Gasteiger partial charge in [-0.15, -0.1) is 0 Å². The van der Waals surface area contributed by atoms with E-state index in [0.29, 0.717) is 10.8 Å². The number of nitrogens with two attached hydrogens (primary N) is 1. The Morgan fingerprint density at radius 3 is 2.62 bits per heavy atom. The first kappa shape index (κ1) is 13.7. The second-order valence-electron chi connectivity index (χ2n) is 3.89. The summed E-state index contributed by atoms with van der Waals surface area (Å²) in [6, 6.07) is 7.49. The lowest BCUT2D eigenvalue weighted by molar-refractivity contribution is 0.610. The fourth-order valence-corrected chi connectivity index (χ4v) is 3.11. The molecule has 2 nitrogen and oxygen atoms in total. The maximum atomic E-state index is 12.0. The number of rotatable bonds is 5. The summed E-state index contributed by atoms with van der Waals surface area (Å²) in [5.74, 6) is 0.481. The van der Waals surface area contributed by atoms with Crippen molar-refractivity contribution in [2.24, 2.45) is 5.73 Å². The molecule has 0 heterocycles. The van der Waals surface area contributed by atoms with Crippen LogP contribution in [0.4, 0.5) is 0 Å². The predicted molar refractivity (Wildman–Crippen MR) is 71.0 cm³/mol. The van der Waals surface area contributed by atoms with Crippen molar-refractivity contribution in [3.63, 3.8) is 0 Å². The fraction of sp³-hybridized carbons (Fsp3) is 0.500. The Labute approximate surface area is 105 Å². The lowest BCUT2D eigenvalue weighted by Crippen LogP contribution is -2.35. The number of benzene rings is 1. The molecular formula is C12H18ClNOS. The second-order valence-corrected chi connectivity index (χ2v) is 6.09. The Kier molecular flexibility index (Phi) is 5.46. The zero-order valence-corrected chi connectivity index (χ0v) is 11.2. The van der Waals surface area contributed by atoms with Crippen LogP contribution in [0.5, 0.6) is 0 Å². The van der Waals surface area contributed by atoms with Crippen LogP contribution < -0.4 is 5.73 Å². The van der Waals surface area contributed by atoms with Gasteiger partial charge in [0.1, 0.15) is 0 Å². The third-order valence-electron chi connectivity index (χ3n) is 2.74. The molecule has 0 saturated carbocycles. The minimum atomic E-state index is -0.965. The SMILES string of the molecule is CCC(N)C(C)S(=O)Cc1ccccc1Cl. The van der Waals surface area contributed by atoms with Gasteiger partial charge in [0.2, 0.25) is 0 Å². The molecule has 0 radical (unpaired) electrons. The summed E-state index contributed by atoms with van der Waals surface area (Å²) < 4.78 is 12.0. The molecule has 0 spiro atoms. The highest BCUT2D eigenvalue weighted by molar-refractivity contribution is 7.84. The van der Waals surface area contributed by atoms with Gasteiger partial charge >= 0.3 is 0 Å². The van der Waals surface area contributed by atoms with Crippen LogP contribution in [-0.4, -0.2) is 15.5 Å². The molecule has 0 bridgehead atoms. The molecule has 1 rings (SSSR count). The Morgan fingerprint density at radius 1 is 1.44 bits per heavy atom. The van der Waals surface area contributed by atoms with Gasteiger partial charge in [0.15, 0.2) is 0 Å². The van der Waals surface area contributed by atoms with Gasteiger partial charge in [0, 0.05) is 27.1 Å². The molecule has 0 aromatic heterocycles. The molecule has 0 fully saturated rings. The van der Waals surface area contributed by atoms with Crippen molar-refractivity contribution in [3.8, 4) is 0 Å². The molecule has 0 aliphatic rings. The Hall–Kier alpha value is -0.380. The highest BCUT2D eigenvalue weighted by Crippen LogP contribution is 2.18. The van der Waals surface area contributed by atoms with Gasteiger partial charge in [-0.1, -0.05) is 36.7 Å². The largest absolute Gasteiger partial charge is 0.327 e. The van der Waals surface area contributed by atoms with Crippen LogP contribution in [-0.2, 0) is 16.6 Å². The highest BCUT2D eigenvalue weighted by Gasteiger charge is 2.18. The van der Waals surface area contributed by atoms with Crippen molar-refractivity contribution < 1.29 is 4.21 Å². The molecule has 2 N–H and O–H groups in total. The van der Waals surface area contributed by atoms with Crippen LogP contribution in [0, 0.1) is 0 Å². The molecule has 3 atom stereocenters. The van der Waals surface area contributed by atoms with E-state index in [0.717, 1.165) is 12.0 Å². The van der Waals surface area contributed by atoms with Gasteiger partial charge in [0.25, 0.3) is 0 Å². The van der Waals surface area contributed by atoms with Crippen LogP contribution in [0.25, 0.3) is 0 Å². The van der Waals surface area contributed by atoms with Crippen LogP contribution in [0.1, 0.15) is 25.8 Å². The average Bonchev–Trinajstić information content (AvgIpc) is 2.30. The molecule has 0 aliphatic carbocycles. The smallest absolute Gasteiger partial charge is 0.0503 e. The summed E-state index contributed by atoms with van der Waals surface area (Å²) in [6.45, 7) is 3.94. The van der Waals surface area contributed by atoms with Gasteiger partial charge in [0.05, 0.1) is 5.75 Å². The lowest BCUT2D eigenvalue weighted by Gasteiger charge is -2.18. The number of hydrogen-bond acceptors (Lipinski definition) is 2. The average molecular weight is 260 g/mol. The molecule has 0 amide bonds. The van der Waals surface area contributed by atoms with E-state index >= 15 is 0 Å². The standard InChI is InChI=1S/C12H18ClNOS/c1-3-12(14)9(2)16(15)8-10-6-4-5-7-11(10)13/h4-7,9,12H,3,8,14H2,1-2H3. The highest BCUT2D eigenvalue weighted by atomic mass is 35.5. The van der Waals surface area contributed by atoms with E-state index in [1.165, 1.54) is 0 Å². The molecule has 1 aromatic rings. The zero-order valence-electron chi connectivity index (χ0n) is 9.65. The minimum Gasteiger partial charge on any atom is -0.327 e. The van der Waals surface area contributed by atoms with Crippen molar-refractivity contribution in [3.05, 3.63) is 34.9 Å². The summed E-state index contributed by atoms with van der Waals surface area (Å²) in [5.41, 5.74) is 6.81. The third-order valence-corrected chi connectivity index (χ3v) is 4.89. The topological polar surface area (TPSA) is 43.1 Å². The maximum absolute atomic E-state index is 12.0. The first-order valence-corrected chi connectivity index (χ1v) is 7.18. The molecule has 16 heavy (non-hydrogen) atoms. The van der Waals surface area contributed by atoms with Crippen LogP contribution in [0.2, 0.25) is 5.02 Å². The van der Waals surface area contributed by atoms with E-state index in [4.69, 9.17) is 17.3 Å². The molecule has 1 aromatic carbocycles. The summed E-state index contributed by atoms with van der Waals surface area (Å²) in [6.07, 6.45) is 0.843. The van der Waals surface area contributed by atoms with E-state index < -0.39 is 10.8 Å². The van der Waals surface area contributed by atoms with Crippen molar-refractivity contribution in [2.45, 2.75) is 37.3 Å². The zero-order chi connectivity index (χ0) is 12.1. The quantitative estimate of drug-likeness (QED) is 0.884. The van der Waals surface area contributed by atoms with E-state index in [2.05, 4.69) is 0 Å². The van der Waals surface area contributed by atoms with E-state index in [9.17, 15) is 4.21 Å². The number of hydrogen-bond donors (Lipinski definition) is 1. The van der Waals surface area contributed by atoms with Crippen LogP contribution in [0.3, 0.4) is 0 Å². The van der Waals surface area contributed by atoms with Crippen molar-refractivity contribution in [2.75, 3.05) is 0 Å². The van der Waals surface area contributed by atoms with Crippen molar-refractivity contribution in [1.82, 2.24) is 0 Å². The summed E-state index contributed by atoms with van der Waals surface area (Å²) in [7, 11) is -0.965. The lowest BCUT2D eigenvalue weighted by atomic mass is 10.2. The summed E-state index contributed by atoms with van der Waals surface area (Å²) >= 11 is 6.02. The predicted octanol–water partition coefficient (Wildman–Crippen LogP) is 2.71. The number of halogens is 1. The third kappa shape index (κ3) is 3.58. The first-order chi connectivity index (χ1) is 7.56.